The first-order valence-electron chi connectivity index (χ1n) is 18.5. The number of amides is 5. The lowest BCUT2D eigenvalue weighted by Crippen LogP contribution is -2.28. The van der Waals surface area contributed by atoms with Gasteiger partial charge in [-0.25, -0.2) is 4.98 Å². The van der Waals surface area contributed by atoms with Crippen molar-refractivity contribution < 1.29 is 24.0 Å². The second kappa shape index (κ2) is 20.0. The van der Waals surface area contributed by atoms with Crippen LogP contribution in [0.1, 0.15) is 58.9 Å². The highest BCUT2D eigenvalue weighted by Gasteiger charge is 2.20. The van der Waals surface area contributed by atoms with Gasteiger partial charge in [-0.05, 0) is 60.7 Å². The highest BCUT2D eigenvalue weighted by atomic mass is 35.5. The van der Waals surface area contributed by atoms with Crippen LogP contribution in [-0.4, -0.2) is 90.4 Å². The lowest BCUT2D eigenvalue weighted by Gasteiger charge is -2.22. The molecule has 0 unspecified atom stereocenters. The number of nitrogens with zero attached hydrogens (tertiary/aromatic N) is 5. The standard InChI is InChI=1S/C40H43Cl2N13O5.ClH/c1-52-20-25(17-31(52)37(57)45-13-10-34(43)44)47-38(58)32-18-26(21-53(32)2)48-39(59)33-19-27(22-54(33)3)49-40(60)35-50-29-9-6-24(16-30(29)51-35)46-36(56)23-4-7-28(8-5-23)55(14-11-41)15-12-42;/h4-9,16-22H,10-15H2,1-3H3,(H3,43,44)(H,45,57)(H,46,56)(H,47,58)(H,48,59)(H,49,60)(H,50,51);1H. The molecule has 21 heteroatoms. The van der Waals surface area contributed by atoms with E-state index in [0.717, 1.165) is 5.69 Å². The number of aryl methyl sites for hydroxylation is 3. The third-order valence-electron chi connectivity index (χ3n) is 9.33. The number of carbonyl (C=O) groups is 5. The molecule has 6 rings (SSSR count). The second-order valence-electron chi connectivity index (χ2n) is 13.8. The second-order valence-corrected chi connectivity index (χ2v) is 14.5. The Labute approximate surface area is 366 Å². The van der Waals surface area contributed by atoms with Crippen molar-refractivity contribution in [1.82, 2.24) is 29.0 Å². The summed E-state index contributed by atoms with van der Waals surface area (Å²) in [6.07, 6.45) is 4.96. The van der Waals surface area contributed by atoms with Crippen molar-refractivity contribution in [3.63, 3.8) is 0 Å². The predicted molar refractivity (Wildman–Crippen MR) is 240 cm³/mol. The van der Waals surface area contributed by atoms with E-state index in [1.165, 1.54) is 18.2 Å². The zero-order valence-electron chi connectivity index (χ0n) is 33.3. The Morgan fingerprint density at radius 2 is 1.18 bits per heavy atom. The van der Waals surface area contributed by atoms with Crippen molar-refractivity contribution in [2.45, 2.75) is 6.42 Å². The van der Waals surface area contributed by atoms with Crippen molar-refractivity contribution >= 4 is 110 Å². The van der Waals surface area contributed by atoms with Crippen LogP contribution in [0.4, 0.5) is 28.4 Å². The monoisotopic (exact) mass is 891 g/mol. The van der Waals surface area contributed by atoms with E-state index in [2.05, 4.69) is 36.6 Å². The molecule has 9 N–H and O–H groups in total. The molecule has 0 atom stereocenters. The number of rotatable bonds is 17. The number of imidazole rings is 1. The van der Waals surface area contributed by atoms with Crippen LogP contribution in [0.25, 0.3) is 11.0 Å². The van der Waals surface area contributed by atoms with Gasteiger partial charge in [0.05, 0.1) is 33.9 Å². The first-order chi connectivity index (χ1) is 28.7. The van der Waals surface area contributed by atoms with E-state index in [1.54, 1.807) is 83.8 Å². The summed E-state index contributed by atoms with van der Waals surface area (Å²) < 4.78 is 4.65. The quantitative estimate of drug-likeness (QED) is 0.0337. The Morgan fingerprint density at radius 1 is 0.689 bits per heavy atom. The minimum Gasteiger partial charge on any atom is -0.388 e. The fourth-order valence-electron chi connectivity index (χ4n) is 6.35. The van der Waals surface area contributed by atoms with Crippen molar-refractivity contribution in [2.24, 2.45) is 26.9 Å². The summed E-state index contributed by atoms with van der Waals surface area (Å²) in [6.45, 7) is 1.46. The highest BCUT2D eigenvalue weighted by molar-refractivity contribution is 6.18. The van der Waals surface area contributed by atoms with Gasteiger partial charge in [0, 0.05) is 94.5 Å². The topological polar surface area (TPSA) is 242 Å². The Hall–Kier alpha value is -6.76. The lowest BCUT2D eigenvalue weighted by atomic mass is 10.1. The van der Waals surface area contributed by atoms with Gasteiger partial charge >= 0.3 is 0 Å². The molecule has 0 saturated carbocycles. The van der Waals surface area contributed by atoms with E-state index < -0.39 is 17.7 Å². The molecular weight excluding hydrogens is 849 g/mol. The minimum atomic E-state index is -0.551. The lowest BCUT2D eigenvalue weighted by molar-refractivity contribution is 0.0944. The summed E-state index contributed by atoms with van der Waals surface area (Å²) in [5, 5.41) is 21.1. The molecule has 4 aromatic heterocycles. The van der Waals surface area contributed by atoms with E-state index in [4.69, 9.17) is 34.3 Å². The molecule has 2 aromatic carbocycles. The van der Waals surface area contributed by atoms with Crippen LogP contribution in [0.2, 0.25) is 0 Å². The molecule has 0 bridgehead atoms. The Balaban J connectivity index is 0.00000704. The van der Waals surface area contributed by atoms with Crippen LogP contribution < -0.4 is 37.2 Å². The van der Waals surface area contributed by atoms with Gasteiger partial charge in [0.25, 0.3) is 29.5 Å². The Morgan fingerprint density at radius 3 is 1.69 bits per heavy atom. The number of fused-ring (bicyclic) bond motifs is 1. The number of halogens is 3. The average molecular weight is 893 g/mol. The minimum absolute atomic E-state index is 0. The SMILES string of the molecule is Cl.Cn1cc(NC(=O)c2cc(NC(=O)c3cc(NC(=O)c4nc5cc(NC(=O)c6ccc(N(CCCl)CCCl)cc6)ccc5[nH]4)cn3C)cn2C)cc1C(=O)NCCC(=N)N. The van der Waals surface area contributed by atoms with Gasteiger partial charge in [-0.2, -0.15) is 0 Å². The fourth-order valence-corrected chi connectivity index (χ4v) is 6.76. The molecule has 0 aliphatic heterocycles. The smallest absolute Gasteiger partial charge is 0.291 e. The van der Waals surface area contributed by atoms with Crippen molar-refractivity contribution in [3.8, 4) is 0 Å². The number of hydrogen-bond donors (Lipinski definition) is 8. The molecule has 0 spiro atoms. The van der Waals surface area contributed by atoms with Crippen LogP contribution in [0.5, 0.6) is 0 Å². The molecule has 4 heterocycles. The van der Waals surface area contributed by atoms with Crippen LogP contribution in [0.15, 0.2) is 79.3 Å². The predicted octanol–water partition coefficient (Wildman–Crippen LogP) is 5.35. The zero-order chi connectivity index (χ0) is 43.1. The largest absolute Gasteiger partial charge is 0.388 e. The molecule has 5 amide bonds. The average Bonchev–Trinajstić information content (AvgIpc) is 3.99. The number of aromatic amines is 1. The van der Waals surface area contributed by atoms with Crippen LogP contribution in [0, 0.1) is 5.41 Å². The maximum absolute atomic E-state index is 13.3. The summed E-state index contributed by atoms with van der Waals surface area (Å²) in [5.41, 5.74) is 10.0. The molecule has 0 saturated heterocycles. The van der Waals surface area contributed by atoms with Crippen molar-refractivity contribution in [1.29, 1.82) is 5.41 Å². The van der Waals surface area contributed by atoms with Gasteiger partial charge in [-0.3, -0.25) is 29.4 Å². The summed E-state index contributed by atoms with van der Waals surface area (Å²) in [5.74, 6) is -1.34. The molecule has 6 aromatic rings. The van der Waals surface area contributed by atoms with Gasteiger partial charge in [-0.1, -0.05) is 0 Å². The molecule has 0 aliphatic carbocycles. The van der Waals surface area contributed by atoms with E-state index in [1.807, 2.05) is 17.0 Å². The van der Waals surface area contributed by atoms with Crippen LogP contribution >= 0.6 is 35.6 Å². The van der Waals surface area contributed by atoms with E-state index in [-0.39, 0.29) is 60.2 Å². The third kappa shape index (κ3) is 11.1. The maximum atomic E-state index is 13.3. The van der Waals surface area contributed by atoms with Gasteiger partial charge in [-0.15, -0.1) is 35.6 Å². The summed E-state index contributed by atoms with van der Waals surface area (Å²) in [6, 6.07) is 16.7. The van der Waals surface area contributed by atoms with Gasteiger partial charge in [0.15, 0.2) is 5.82 Å². The summed E-state index contributed by atoms with van der Waals surface area (Å²) in [4.78, 5) is 74.8. The molecule has 0 radical (unpaired) electrons. The van der Waals surface area contributed by atoms with Gasteiger partial charge < -0.3 is 55.9 Å². The zero-order valence-corrected chi connectivity index (χ0v) is 35.6. The normalized spacial score (nSPS) is 10.8. The maximum Gasteiger partial charge on any atom is 0.291 e. The molecule has 0 aliphatic rings. The third-order valence-corrected chi connectivity index (χ3v) is 9.66. The number of amidine groups is 1. The van der Waals surface area contributed by atoms with Crippen molar-refractivity contribution in [3.05, 3.63) is 108 Å². The Bertz CT molecular complexity index is 2590. The summed E-state index contributed by atoms with van der Waals surface area (Å²) >= 11 is 11.8. The van der Waals surface area contributed by atoms with E-state index in [0.29, 0.717) is 69.9 Å². The van der Waals surface area contributed by atoms with Gasteiger partial charge in [0.1, 0.15) is 17.1 Å². The first-order valence-corrected chi connectivity index (χ1v) is 19.6. The molecule has 18 nitrogen and oxygen atoms in total. The molecule has 0 fully saturated rings. The first kappa shape index (κ1) is 45.3. The number of hydrogen-bond acceptors (Lipinski definition) is 8. The molecular formula is C40H44Cl3N13O5. The van der Waals surface area contributed by atoms with Gasteiger partial charge in [0.2, 0.25) is 0 Å². The summed E-state index contributed by atoms with van der Waals surface area (Å²) in [7, 11) is 4.96. The van der Waals surface area contributed by atoms with E-state index >= 15 is 0 Å². The number of H-pyrrole nitrogens is 1. The number of carbonyl (C=O) groups excluding carboxylic acids is 5. The number of nitrogens with one attached hydrogen (secondary N) is 7. The highest BCUT2D eigenvalue weighted by Crippen LogP contribution is 2.23. The molecule has 320 valence electrons. The van der Waals surface area contributed by atoms with Crippen molar-refractivity contribution in [2.75, 3.05) is 57.6 Å². The van der Waals surface area contributed by atoms with Crippen LogP contribution in [0.3, 0.4) is 0 Å². The fraction of sp³-hybridized carbons (Fsp3) is 0.225. The number of benzene rings is 2. The number of aromatic nitrogens is 5. The Kier molecular flexibility index (Phi) is 14.9. The number of alkyl halides is 2. The number of nitrogens with two attached hydrogens (primary N) is 1. The van der Waals surface area contributed by atoms with E-state index in [9.17, 15) is 24.0 Å². The van der Waals surface area contributed by atoms with Crippen LogP contribution in [-0.2, 0) is 21.1 Å². The number of anilines is 5. The molecule has 61 heavy (non-hydrogen) atoms.